The number of hydrogen-bond acceptors (Lipinski definition) is 5. The van der Waals surface area contributed by atoms with E-state index in [4.69, 9.17) is 0 Å². The predicted octanol–water partition coefficient (Wildman–Crippen LogP) is 2.02. The van der Waals surface area contributed by atoms with Gasteiger partial charge in [-0.3, -0.25) is 29.4 Å². The summed E-state index contributed by atoms with van der Waals surface area (Å²) in [5, 5.41) is 10.8. The van der Waals surface area contributed by atoms with E-state index in [-0.39, 0.29) is 22.6 Å². The second kappa shape index (κ2) is 5.41. The van der Waals surface area contributed by atoms with Crippen LogP contribution in [0.1, 0.15) is 42.5 Å². The molecule has 0 aliphatic carbocycles. The van der Waals surface area contributed by atoms with Crippen molar-refractivity contribution in [2.24, 2.45) is 0 Å². The van der Waals surface area contributed by atoms with Crippen molar-refractivity contribution in [2.45, 2.75) is 13.8 Å². The van der Waals surface area contributed by atoms with Crippen molar-refractivity contribution in [3.63, 3.8) is 0 Å². The number of hydrogen-bond donors (Lipinski definition) is 1. The number of H-pyrrole nitrogens is 1. The third-order valence-electron chi connectivity index (χ3n) is 3.92. The predicted molar refractivity (Wildman–Crippen MR) is 83.1 cm³/mol. The highest BCUT2D eigenvalue weighted by Crippen LogP contribution is 2.27. The molecule has 1 aliphatic rings. The molecule has 2 heterocycles. The summed E-state index contributed by atoms with van der Waals surface area (Å²) in [7, 11) is 0. The van der Waals surface area contributed by atoms with Crippen molar-refractivity contribution < 1.29 is 19.3 Å². The van der Waals surface area contributed by atoms with Gasteiger partial charge >= 0.3 is 0 Å². The van der Waals surface area contributed by atoms with Crippen LogP contribution in [-0.4, -0.2) is 38.9 Å². The first-order valence-electron chi connectivity index (χ1n) is 7.13. The van der Waals surface area contributed by atoms with Crippen LogP contribution < -0.4 is 0 Å². The highest BCUT2D eigenvalue weighted by molar-refractivity contribution is 6.23. The average molecular weight is 327 g/mol. The fourth-order valence-electron chi connectivity index (χ4n) is 2.78. The lowest BCUT2D eigenvalue weighted by molar-refractivity contribution is -0.384. The van der Waals surface area contributed by atoms with Gasteiger partial charge in [0.15, 0.2) is 5.78 Å². The molecule has 3 rings (SSSR count). The Balaban J connectivity index is 1.89. The Kier molecular flexibility index (Phi) is 3.52. The van der Waals surface area contributed by atoms with Gasteiger partial charge in [0, 0.05) is 29.1 Å². The first-order valence-corrected chi connectivity index (χ1v) is 7.13. The molecule has 122 valence electrons. The summed E-state index contributed by atoms with van der Waals surface area (Å²) in [5.41, 5.74) is 1.61. The quantitative estimate of drug-likeness (QED) is 0.399. The van der Waals surface area contributed by atoms with Crippen molar-refractivity contribution in [3.8, 4) is 0 Å². The van der Waals surface area contributed by atoms with Crippen LogP contribution in [0.4, 0.5) is 5.69 Å². The highest BCUT2D eigenvalue weighted by atomic mass is 16.6. The lowest BCUT2D eigenvalue weighted by Crippen LogP contribution is -2.35. The van der Waals surface area contributed by atoms with Crippen molar-refractivity contribution in [1.82, 2.24) is 9.88 Å². The van der Waals surface area contributed by atoms with Gasteiger partial charge in [-0.1, -0.05) is 0 Å². The van der Waals surface area contributed by atoms with Crippen LogP contribution in [0.3, 0.4) is 0 Å². The SMILES string of the molecule is Cc1cc(C(=O)CN2C(=O)c3ccc([N+](=O)[O-])cc3C2=O)c(C)[nH]1. The van der Waals surface area contributed by atoms with Gasteiger partial charge in [0.2, 0.25) is 0 Å². The Labute approximate surface area is 136 Å². The Morgan fingerprint density at radius 2 is 1.83 bits per heavy atom. The average Bonchev–Trinajstić information content (AvgIpc) is 2.99. The van der Waals surface area contributed by atoms with Gasteiger partial charge in [-0.05, 0) is 26.0 Å². The monoisotopic (exact) mass is 327 g/mol. The van der Waals surface area contributed by atoms with E-state index in [2.05, 4.69) is 4.98 Å². The largest absolute Gasteiger partial charge is 0.362 e. The van der Waals surface area contributed by atoms with Crippen molar-refractivity contribution in [1.29, 1.82) is 0 Å². The number of amides is 2. The number of nitro groups is 1. The summed E-state index contributed by atoms with van der Waals surface area (Å²) in [4.78, 5) is 51.0. The molecule has 0 saturated heterocycles. The molecule has 8 heteroatoms. The molecule has 0 fully saturated rings. The molecular weight excluding hydrogens is 314 g/mol. The molecule has 2 amide bonds. The third kappa shape index (κ3) is 2.37. The number of aromatic amines is 1. The molecule has 2 aromatic rings. The molecule has 0 radical (unpaired) electrons. The Hall–Kier alpha value is -3.29. The maximum Gasteiger partial charge on any atom is 0.270 e. The van der Waals surface area contributed by atoms with Crippen LogP contribution in [-0.2, 0) is 0 Å². The molecule has 0 saturated carbocycles. The van der Waals surface area contributed by atoms with Gasteiger partial charge in [-0.15, -0.1) is 0 Å². The van der Waals surface area contributed by atoms with Gasteiger partial charge < -0.3 is 4.98 Å². The summed E-state index contributed by atoms with van der Waals surface area (Å²) in [5.74, 6) is -1.69. The molecule has 8 nitrogen and oxygen atoms in total. The van der Waals surface area contributed by atoms with Crippen LogP contribution in [0, 0.1) is 24.0 Å². The number of nitrogens with zero attached hydrogens (tertiary/aromatic N) is 2. The van der Waals surface area contributed by atoms with Crippen molar-refractivity contribution in [2.75, 3.05) is 6.54 Å². The smallest absolute Gasteiger partial charge is 0.270 e. The molecule has 1 aromatic heterocycles. The number of nitrogens with one attached hydrogen (secondary N) is 1. The van der Waals surface area contributed by atoms with E-state index >= 15 is 0 Å². The second-order valence-corrected chi connectivity index (χ2v) is 5.60. The molecule has 1 N–H and O–H groups in total. The minimum absolute atomic E-state index is 0.0519. The van der Waals surface area contributed by atoms with Crippen LogP contribution in [0.25, 0.3) is 0 Å². The van der Waals surface area contributed by atoms with Gasteiger partial charge in [0.1, 0.15) is 0 Å². The topological polar surface area (TPSA) is 113 Å². The minimum Gasteiger partial charge on any atom is -0.362 e. The Morgan fingerprint density at radius 3 is 2.42 bits per heavy atom. The molecule has 1 aliphatic heterocycles. The number of rotatable bonds is 4. The first-order chi connectivity index (χ1) is 11.3. The lowest BCUT2D eigenvalue weighted by atomic mass is 10.1. The van der Waals surface area contributed by atoms with Crippen LogP contribution >= 0.6 is 0 Å². The minimum atomic E-state index is -0.697. The van der Waals surface area contributed by atoms with E-state index in [0.29, 0.717) is 11.3 Å². The molecule has 0 bridgehead atoms. The van der Waals surface area contributed by atoms with Crippen molar-refractivity contribution >= 4 is 23.3 Å². The summed E-state index contributed by atoms with van der Waals surface area (Å²) < 4.78 is 0. The normalized spacial score (nSPS) is 13.3. The summed E-state index contributed by atoms with van der Waals surface area (Å²) in [6, 6.07) is 5.12. The maximum absolute atomic E-state index is 12.4. The van der Waals surface area contributed by atoms with Gasteiger partial charge in [0.25, 0.3) is 17.5 Å². The number of carbonyl (C=O) groups excluding carboxylic acids is 3. The van der Waals surface area contributed by atoms with E-state index in [9.17, 15) is 24.5 Å². The molecule has 0 unspecified atom stereocenters. The summed E-state index contributed by atoms with van der Waals surface area (Å²) in [6.45, 7) is 3.12. The number of ketones is 1. The summed E-state index contributed by atoms with van der Waals surface area (Å²) >= 11 is 0. The number of nitro benzene ring substituents is 1. The molecule has 24 heavy (non-hydrogen) atoms. The fourth-order valence-corrected chi connectivity index (χ4v) is 2.78. The zero-order valence-corrected chi connectivity index (χ0v) is 13.0. The standard InChI is InChI=1S/C16H13N3O5/c1-8-5-12(9(2)17-8)14(20)7-18-15(21)11-4-3-10(19(23)24)6-13(11)16(18)22/h3-6,17H,7H2,1-2H3. The van der Waals surface area contributed by atoms with Gasteiger partial charge in [-0.25, -0.2) is 0 Å². The van der Waals surface area contributed by atoms with E-state index in [1.807, 2.05) is 0 Å². The zero-order chi connectivity index (χ0) is 17.6. The third-order valence-corrected chi connectivity index (χ3v) is 3.92. The molecular formula is C16H13N3O5. The van der Waals surface area contributed by atoms with Crippen LogP contribution in [0.5, 0.6) is 0 Å². The number of aryl methyl sites for hydroxylation is 2. The van der Waals surface area contributed by atoms with E-state index in [0.717, 1.165) is 22.7 Å². The second-order valence-electron chi connectivity index (χ2n) is 5.60. The molecule has 0 spiro atoms. The van der Waals surface area contributed by atoms with Crippen molar-refractivity contribution in [3.05, 3.63) is 62.5 Å². The number of non-ortho nitro benzene ring substituents is 1. The molecule has 0 atom stereocenters. The van der Waals surface area contributed by atoms with E-state index < -0.39 is 23.3 Å². The zero-order valence-electron chi connectivity index (χ0n) is 13.0. The van der Waals surface area contributed by atoms with Crippen LogP contribution in [0.2, 0.25) is 0 Å². The van der Waals surface area contributed by atoms with E-state index in [1.54, 1.807) is 19.9 Å². The van der Waals surface area contributed by atoms with E-state index in [1.165, 1.54) is 6.07 Å². The molecule has 1 aromatic carbocycles. The maximum atomic E-state index is 12.4. The fraction of sp³-hybridized carbons (Fsp3) is 0.188. The number of aromatic nitrogens is 1. The number of carbonyl (C=O) groups is 3. The number of Topliss-reactive ketones (excluding diaryl/α,β-unsaturated/α-hetero) is 1. The summed E-state index contributed by atoms with van der Waals surface area (Å²) in [6.07, 6.45) is 0. The Bertz CT molecular complexity index is 912. The van der Waals surface area contributed by atoms with Gasteiger partial charge in [-0.2, -0.15) is 0 Å². The number of fused-ring (bicyclic) bond motifs is 1. The van der Waals surface area contributed by atoms with Crippen LogP contribution in [0.15, 0.2) is 24.3 Å². The number of benzene rings is 1. The first kappa shape index (κ1) is 15.6. The van der Waals surface area contributed by atoms with Gasteiger partial charge in [0.05, 0.1) is 22.6 Å². The lowest BCUT2D eigenvalue weighted by Gasteiger charge is -2.12. The highest BCUT2D eigenvalue weighted by Gasteiger charge is 2.38. The Morgan fingerprint density at radius 1 is 1.17 bits per heavy atom. The number of imide groups is 1.